The zero-order valence-electron chi connectivity index (χ0n) is 15.8. The molecule has 1 fully saturated rings. The standard InChI is InChI=1S/C20H22F3N3O2/c1-14-9-15(2)11-17(10-14)28-13-19(27)26-7-5-25(6-8-26)18-4-3-16(12-24-18)20(21,22)23/h3-4,9-12H,5-8,13H2,1-2H3/p+1. The smallest absolute Gasteiger partial charge is 0.419 e. The molecule has 1 N–H and O–H groups in total. The number of piperazine rings is 1. The molecule has 2 heterocycles. The summed E-state index contributed by atoms with van der Waals surface area (Å²) in [7, 11) is 0. The van der Waals surface area contributed by atoms with Gasteiger partial charge in [-0.05, 0) is 43.2 Å². The molecule has 8 heteroatoms. The van der Waals surface area contributed by atoms with Crippen molar-refractivity contribution in [3.63, 3.8) is 0 Å². The minimum Gasteiger partial charge on any atom is -0.484 e. The largest absolute Gasteiger partial charge is 0.484 e. The molecular formula is C20H23F3N3O2+. The van der Waals surface area contributed by atoms with E-state index >= 15 is 0 Å². The maximum atomic E-state index is 12.7. The van der Waals surface area contributed by atoms with Gasteiger partial charge in [-0.25, -0.2) is 4.98 Å². The van der Waals surface area contributed by atoms with Gasteiger partial charge in [0.05, 0.1) is 18.7 Å². The second-order valence-corrected chi connectivity index (χ2v) is 6.94. The van der Waals surface area contributed by atoms with E-state index in [0.29, 0.717) is 37.7 Å². The second kappa shape index (κ2) is 8.08. The predicted molar refractivity (Wildman–Crippen MR) is 98.2 cm³/mol. The fourth-order valence-corrected chi connectivity index (χ4v) is 3.24. The SMILES string of the molecule is Cc1cc(C)cc(OCC(=O)N2CCN(c3ccc(C(F)(F)F)c[nH+]3)CC2)c1. The third-order valence-corrected chi connectivity index (χ3v) is 4.65. The Hall–Kier alpha value is -2.77. The van der Waals surface area contributed by atoms with Crippen LogP contribution in [-0.2, 0) is 11.0 Å². The first-order valence-corrected chi connectivity index (χ1v) is 9.05. The van der Waals surface area contributed by atoms with Crippen molar-refractivity contribution in [2.24, 2.45) is 0 Å². The number of nitrogens with one attached hydrogen (secondary N) is 1. The first kappa shape index (κ1) is 20.0. The van der Waals surface area contributed by atoms with Crippen LogP contribution in [0.1, 0.15) is 16.7 Å². The minimum atomic E-state index is -4.37. The third-order valence-electron chi connectivity index (χ3n) is 4.65. The third kappa shape index (κ3) is 4.94. The molecule has 0 saturated carbocycles. The first-order chi connectivity index (χ1) is 13.2. The van der Waals surface area contributed by atoms with Crippen LogP contribution in [0.5, 0.6) is 5.75 Å². The highest BCUT2D eigenvalue weighted by Gasteiger charge is 2.33. The number of benzene rings is 1. The van der Waals surface area contributed by atoms with Gasteiger partial charge in [-0.1, -0.05) is 6.07 Å². The normalized spacial score (nSPS) is 14.9. The minimum absolute atomic E-state index is 0.0324. The van der Waals surface area contributed by atoms with E-state index in [4.69, 9.17) is 4.74 Å². The fourth-order valence-electron chi connectivity index (χ4n) is 3.24. The van der Waals surface area contributed by atoms with Crippen LogP contribution in [0.2, 0.25) is 0 Å². The molecule has 150 valence electrons. The molecule has 1 aromatic carbocycles. The van der Waals surface area contributed by atoms with Crippen molar-refractivity contribution in [1.29, 1.82) is 0 Å². The van der Waals surface area contributed by atoms with Gasteiger partial charge in [0, 0.05) is 6.07 Å². The van der Waals surface area contributed by atoms with Crippen molar-refractivity contribution in [3.8, 4) is 5.75 Å². The topological polar surface area (TPSA) is 46.9 Å². The molecule has 0 radical (unpaired) electrons. The molecule has 2 aromatic rings. The molecule has 0 spiro atoms. The van der Waals surface area contributed by atoms with E-state index in [2.05, 4.69) is 4.98 Å². The lowest BCUT2D eigenvalue weighted by Gasteiger charge is -2.31. The van der Waals surface area contributed by atoms with Gasteiger partial charge in [-0.2, -0.15) is 13.2 Å². The van der Waals surface area contributed by atoms with Gasteiger partial charge in [0.15, 0.2) is 6.61 Å². The summed E-state index contributed by atoms with van der Waals surface area (Å²) in [6, 6.07) is 8.29. The van der Waals surface area contributed by atoms with E-state index in [0.717, 1.165) is 23.4 Å². The molecular weight excluding hydrogens is 371 g/mol. The van der Waals surface area contributed by atoms with Crippen molar-refractivity contribution < 1.29 is 27.7 Å². The molecule has 0 atom stereocenters. The molecule has 0 unspecified atom stereocenters. The van der Waals surface area contributed by atoms with Crippen LogP contribution in [0.15, 0.2) is 36.5 Å². The lowest BCUT2D eigenvalue weighted by molar-refractivity contribution is -0.367. The van der Waals surface area contributed by atoms with Gasteiger partial charge in [-0.15, -0.1) is 0 Å². The summed E-state index contributed by atoms with van der Waals surface area (Å²) in [5.41, 5.74) is 1.43. The number of rotatable bonds is 4. The highest BCUT2D eigenvalue weighted by atomic mass is 19.4. The lowest BCUT2D eigenvalue weighted by atomic mass is 10.1. The van der Waals surface area contributed by atoms with E-state index < -0.39 is 11.7 Å². The van der Waals surface area contributed by atoms with Crippen molar-refractivity contribution in [3.05, 3.63) is 53.2 Å². The Labute approximate surface area is 161 Å². The van der Waals surface area contributed by atoms with E-state index in [9.17, 15) is 18.0 Å². The number of aromatic nitrogens is 1. The van der Waals surface area contributed by atoms with Gasteiger partial charge < -0.3 is 9.64 Å². The van der Waals surface area contributed by atoms with Crippen LogP contribution in [0.3, 0.4) is 0 Å². The Morgan fingerprint density at radius 1 is 1.07 bits per heavy atom. The number of H-pyrrole nitrogens is 1. The number of halogens is 3. The van der Waals surface area contributed by atoms with Gasteiger partial charge in [0.1, 0.15) is 25.0 Å². The van der Waals surface area contributed by atoms with E-state index in [-0.39, 0.29) is 12.5 Å². The molecule has 28 heavy (non-hydrogen) atoms. The quantitative estimate of drug-likeness (QED) is 0.801. The molecule has 0 bridgehead atoms. The number of aromatic amines is 1. The van der Waals surface area contributed by atoms with E-state index in [1.165, 1.54) is 6.07 Å². The monoisotopic (exact) mass is 394 g/mol. The van der Waals surface area contributed by atoms with Gasteiger partial charge >= 0.3 is 6.18 Å². The van der Waals surface area contributed by atoms with Crippen molar-refractivity contribution in [1.82, 2.24) is 4.90 Å². The zero-order valence-corrected chi connectivity index (χ0v) is 15.8. The molecule has 1 aliphatic heterocycles. The Bertz CT molecular complexity index is 809. The summed E-state index contributed by atoms with van der Waals surface area (Å²) < 4.78 is 43.6. The van der Waals surface area contributed by atoms with Gasteiger partial charge in [-0.3, -0.25) is 9.69 Å². The predicted octanol–water partition coefficient (Wildman–Crippen LogP) is 2.86. The molecule has 0 aliphatic carbocycles. The maximum absolute atomic E-state index is 12.7. The summed E-state index contributed by atoms with van der Waals surface area (Å²) in [5.74, 6) is 1.17. The van der Waals surface area contributed by atoms with Crippen LogP contribution in [0.4, 0.5) is 19.0 Å². The zero-order chi connectivity index (χ0) is 20.3. The number of pyridine rings is 1. The number of amides is 1. The Morgan fingerprint density at radius 3 is 2.25 bits per heavy atom. The van der Waals surface area contributed by atoms with Crippen molar-refractivity contribution in [2.45, 2.75) is 20.0 Å². The Kier molecular flexibility index (Phi) is 5.76. The number of carbonyl (C=O) groups is 1. The summed E-state index contributed by atoms with van der Waals surface area (Å²) in [5, 5.41) is 0. The first-order valence-electron chi connectivity index (χ1n) is 9.05. The van der Waals surface area contributed by atoms with E-state index in [1.54, 1.807) is 4.90 Å². The van der Waals surface area contributed by atoms with Crippen LogP contribution in [-0.4, -0.2) is 43.6 Å². The van der Waals surface area contributed by atoms with E-state index in [1.807, 2.05) is 36.9 Å². The number of hydrogen-bond acceptors (Lipinski definition) is 3. The fraction of sp³-hybridized carbons (Fsp3) is 0.400. The summed E-state index contributed by atoms with van der Waals surface area (Å²) in [4.78, 5) is 18.7. The summed E-state index contributed by atoms with van der Waals surface area (Å²) in [6.45, 7) is 5.97. The summed E-state index contributed by atoms with van der Waals surface area (Å²) in [6.07, 6.45) is -3.40. The lowest BCUT2D eigenvalue weighted by Crippen LogP contribution is -2.51. The Morgan fingerprint density at radius 2 is 1.71 bits per heavy atom. The van der Waals surface area contributed by atoms with Crippen LogP contribution >= 0.6 is 0 Å². The van der Waals surface area contributed by atoms with Gasteiger partial charge in [0.25, 0.3) is 11.7 Å². The number of carbonyl (C=O) groups excluding carboxylic acids is 1. The molecule has 1 amide bonds. The van der Waals surface area contributed by atoms with Crippen LogP contribution < -0.4 is 14.6 Å². The molecule has 1 aliphatic rings. The van der Waals surface area contributed by atoms with Crippen LogP contribution in [0, 0.1) is 13.8 Å². The molecule has 1 saturated heterocycles. The van der Waals surface area contributed by atoms with Gasteiger partial charge in [0.2, 0.25) is 0 Å². The van der Waals surface area contributed by atoms with Crippen molar-refractivity contribution >= 4 is 11.7 Å². The number of aryl methyl sites for hydroxylation is 2. The number of ether oxygens (including phenoxy) is 1. The molecule has 5 nitrogen and oxygen atoms in total. The number of alkyl halides is 3. The number of nitrogens with zero attached hydrogens (tertiary/aromatic N) is 2. The number of anilines is 1. The Balaban J connectivity index is 1.51. The average Bonchev–Trinajstić information content (AvgIpc) is 2.65. The molecule has 1 aromatic heterocycles. The highest BCUT2D eigenvalue weighted by molar-refractivity contribution is 5.78. The molecule has 3 rings (SSSR count). The average molecular weight is 394 g/mol. The van der Waals surface area contributed by atoms with Crippen LogP contribution in [0.25, 0.3) is 0 Å². The van der Waals surface area contributed by atoms with Crippen molar-refractivity contribution in [2.75, 3.05) is 37.7 Å². The highest BCUT2D eigenvalue weighted by Crippen LogP contribution is 2.28. The number of hydrogen-bond donors (Lipinski definition) is 0. The maximum Gasteiger partial charge on any atom is 0.419 e. The summed E-state index contributed by atoms with van der Waals surface area (Å²) >= 11 is 0. The second-order valence-electron chi connectivity index (χ2n) is 6.94.